The van der Waals surface area contributed by atoms with Gasteiger partial charge in [-0.15, -0.1) is 0 Å². The summed E-state index contributed by atoms with van der Waals surface area (Å²) in [4.78, 5) is 29.6. The van der Waals surface area contributed by atoms with Gasteiger partial charge in [-0.2, -0.15) is 0 Å². The van der Waals surface area contributed by atoms with E-state index in [1.165, 1.54) is 29.2 Å². The number of nitrogens with one attached hydrogen (secondary N) is 1. The number of halogens is 1. The molecule has 4 rings (SSSR count). The molecule has 8 nitrogen and oxygen atoms in total. The summed E-state index contributed by atoms with van der Waals surface area (Å²) in [5.74, 6) is -1.13. The van der Waals surface area contributed by atoms with Crippen molar-refractivity contribution in [2.75, 3.05) is 24.0 Å². The van der Waals surface area contributed by atoms with Gasteiger partial charge < -0.3 is 15.0 Å². The highest BCUT2D eigenvalue weighted by atomic mass is 32.2. The lowest BCUT2D eigenvalue weighted by atomic mass is 10.0. The van der Waals surface area contributed by atoms with Crippen LogP contribution >= 0.6 is 0 Å². The van der Waals surface area contributed by atoms with E-state index in [1.54, 1.807) is 55.5 Å². The molecule has 0 unspecified atom stereocenters. The van der Waals surface area contributed by atoms with Gasteiger partial charge in [0.1, 0.15) is 24.2 Å². The van der Waals surface area contributed by atoms with E-state index >= 15 is 0 Å². The Morgan fingerprint density at radius 2 is 1.50 bits per heavy atom. The second-order valence-corrected chi connectivity index (χ2v) is 12.7. The maximum atomic E-state index is 14.5. The van der Waals surface area contributed by atoms with E-state index in [0.29, 0.717) is 24.3 Å². The van der Waals surface area contributed by atoms with Crippen LogP contribution in [0, 0.1) is 12.7 Å². The fourth-order valence-electron chi connectivity index (χ4n) is 5.00. The van der Waals surface area contributed by atoms with Crippen molar-refractivity contribution in [3.63, 3.8) is 0 Å². The van der Waals surface area contributed by atoms with Gasteiger partial charge in [-0.3, -0.25) is 13.9 Å². The number of ether oxygens (including phenoxy) is 1. The third kappa shape index (κ3) is 8.72. The van der Waals surface area contributed by atoms with Gasteiger partial charge in [-0.1, -0.05) is 79.2 Å². The average molecular weight is 646 g/mol. The van der Waals surface area contributed by atoms with Crippen LogP contribution in [0.1, 0.15) is 37.0 Å². The Labute approximate surface area is 270 Å². The van der Waals surface area contributed by atoms with Crippen LogP contribution in [-0.4, -0.2) is 50.9 Å². The molecule has 46 heavy (non-hydrogen) atoms. The monoisotopic (exact) mass is 645 g/mol. The number of nitrogens with zero attached hydrogens (tertiary/aromatic N) is 2. The number of anilines is 1. The molecule has 0 aliphatic heterocycles. The molecule has 0 aliphatic rings. The minimum absolute atomic E-state index is 0.00353. The number of rotatable bonds is 15. The van der Waals surface area contributed by atoms with Crippen molar-refractivity contribution in [3.8, 4) is 5.75 Å². The van der Waals surface area contributed by atoms with Crippen molar-refractivity contribution < 1.29 is 27.1 Å². The van der Waals surface area contributed by atoms with Crippen molar-refractivity contribution in [2.24, 2.45) is 0 Å². The smallest absolute Gasteiger partial charge is 0.264 e. The Balaban J connectivity index is 1.82. The molecule has 4 aromatic carbocycles. The van der Waals surface area contributed by atoms with Gasteiger partial charge in [-0.25, -0.2) is 12.8 Å². The van der Waals surface area contributed by atoms with E-state index in [1.807, 2.05) is 44.2 Å². The fourth-order valence-corrected chi connectivity index (χ4v) is 6.42. The van der Waals surface area contributed by atoms with Crippen molar-refractivity contribution >= 4 is 27.5 Å². The van der Waals surface area contributed by atoms with Gasteiger partial charge in [0, 0.05) is 19.5 Å². The summed E-state index contributed by atoms with van der Waals surface area (Å²) in [6.45, 7) is 5.57. The van der Waals surface area contributed by atoms with Gasteiger partial charge in [0.25, 0.3) is 10.0 Å². The molecule has 0 saturated carbocycles. The zero-order valence-corrected chi connectivity index (χ0v) is 27.2. The molecule has 10 heteroatoms. The first-order chi connectivity index (χ1) is 22.1. The molecule has 0 fully saturated rings. The molecule has 1 N–H and O–H groups in total. The number of benzene rings is 4. The summed E-state index contributed by atoms with van der Waals surface area (Å²) in [5, 5.41) is 2.91. The van der Waals surface area contributed by atoms with Crippen LogP contribution in [0.4, 0.5) is 10.1 Å². The van der Waals surface area contributed by atoms with Crippen LogP contribution in [-0.2, 0) is 32.6 Å². The molecule has 0 aromatic heterocycles. The van der Waals surface area contributed by atoms with Crippen LogP contribution in [0.3, 0.4) is 0 Å². The number of hydrogen-bond donors (Lipinski definition) is 1. The molecule has 0 radical (unpaired) electrons. The number of carbonyl (C=O) groups excluding carboxylic acids is 2. The minimum atomic E-state index is -4.28. The number of carbonyl (C=O) groups is 2. The van der Waals surface area contributed by atoms with Crippen LogP contribution in [0.25, 0.3) is 0 Å². The zero-order chi connectivity index (χ0) is 33.1. The molecule has 0 heterocycles. The summed E-state index contributed by atoms with van der Waals surface area (Å²) in [6.07, 6.45) is 0.871. The SMILES string of the molecule is CCCNC(=O)[C@@H](Cc1ccccc1)N(Cc1ccc(F)cc1)C(=O)CN(c1ccccc1OCC)S(=O)(=O)c1ccc(C)cc1. The first-order valence-electron chi connectivity index (χ1n) is 15.3. The minimum Gasteiger partial charge on any atom is -0.492 e. The molecule has 242 valence electrons. The predicted molar refractivity (Wildman–Crippen MR) is 178 cm³/mol. The Hall–Kier alpha value is -4.70. The van der Waals surface area contributed by atoms with Gasteiger partial charge in [0.15, 0.2) is 0 Å². The van der Waals surface area contributed by atoms with Crippen molar-refractivity contribution in [1.82, 2.24) is 10.2 Å². The molecule has 2 amide bonds. The maximum absolute atomic E-state index is 14.5. The van der Waals surface area contributed by atoms with Crippen LogP contribution in [0.2, 0.25) is 0 Å². The number of aryl methyl sites for hydroxylation is 1. The van der Waals surface area contributed by atoms with E-state index in [2.05, 4.69) is 5.32 Å². The quantitative estimate of drug-likeness (QED) is 0.174. The molecule has 1 atom stereocenters. The molecule has 0 bridgehead atoms. The van der Waals surface area contributed by atoms with E-state index in [-0.39, 0.29) is 36.1 Å². The predicted octanol–water partition coefficient (Wildman–Crippen LogP) is 5.89. The van der Waals surface area contributed by atoms with Crippen LogP contribution in [0.5, 0.6) is 5.75 Å². The molecule has 0 aliphatic carbocycles. The average Bonchev–Trinajstić information content (AvgIpc) is 3.06. The second kappa shape index (κ2) is 16.0. The lowest BCUT2D eigenvalue weighted by Crippen LogP contribution is -2.53. The zero-order valence-electron chi connectivity index (χ0n) is 26.4. The molecular formula is C36H40FN3O5S. The summed E-state index contributed by atoms with van der Waals surface area (Å²) in [7, 11) is -4.28. The summed E-state index contributed by atoms with van der Waals surface area (Å²) < 4.78 is 49.2. The highest BCUT2D eigenvalue weighted by Gasteiger charge is 2.35. The molecular weight excluding hydrogens is 605 g/mol. The van der Waals surface area contributed by atoms with E-state index in [0.717, 1.165) is 15.4 Å². The summed E-state index contributed by atoms with van der Waals surface area (Å²) in [6, 6.07) is 27.0. The third-order valence-corrected chi connectivity index (χ3v) is 9.18. The van der Waals surface area contributed by atoms with Gasteiger partial charge >= 0.3 is 0 Å². The standard InChI is InChI=1S/C36H40FN3O5S/c1-4-23-38-36(42)33(24-28-11-7-6-8-12-28)39(25-29-17-19-30(37)20-18-29)35(41)26-40(32-13-9-10-14-34(32)45-5-2)46(43,44)31-21-15-27(3)16-22-31/h6-22,33H,4-5,23-26H2,1-3H3,(H,38,42)/t33-/m1/s1. The lowest BCUT2D eigenvalue weighted by Gasteiger charge is -2.34. The van der Waals surface area contributed by atoms with Crippen LogP contribution < -0.4 is 14.4 Å². The molecule has 0 spiro atoms. The van der Waals surface area contributed by atoms with Gasteiger partial charge in [0.05, 0.1) is 17.2 Å². The Morgan fingerprint density at radius 3 is 2.15 bits per heavy atom. The Morgan fingerprint density at radius 1 is 0.848 bits per heavy atom. The van der Waals surface area contributed by atoms with Crippen molar-refractivity contribution in [2.45, 2.75) is 51.1 Å². The van der Waals surface area contributed by atoms with E-state index < -0.39 is 34.3 Å². The Kier molecular flexibility index (Phi) is 11.9. The third-order valence-electron chi connectivity index (χ3n) is 7.41. The van der Waals surface area contributed by atoms with Crippen LogP contribution in [0.15, 0.2) is 108 Å². The highest BCUT2D eigenvalue weighted by Crippen LogP contribution is 2.33. The number of para-hydroxylation sites is 2. The lowest BCUT2D eigenvalue weighted by molar-refractivity contribution is -0.140. The normalized spacial score (nSPS) is 11.8. The fraction of sp³-hybridized carbons (Fsp3) is 0.278. The molecule has 0 saturated heterocycles. The largest absolute Gasteiger partial charge is 0.492 e. The first-order valence-corrected chi connectivity index (χ1v) is 16.7. The van der Waals surface area contributed by atoms with E-state index in [9.17, 15) is 22.4 Å². The first kappa shape index (κ1) is 34.2. The number of hydrogen-bond acceptors (Lipinski definition) is 5. The summed E-state index contributed by atoms with van der Waals surface area (Å²) in [5.41, 5.74) is 2.47. The van der Waals surface area contributed by atoms with Gasteiger partial charge in [-0.05, 0) is 67.8 Å². The van der Waals surface area contributed by atoms with E-state index in [4.69, 9.17) is 4.74 Å². The Bertz CT molecular complexity index is 1700. The summed E-state index contributed by atoms with van der Waals surface area (Å²) >= 11 is 0. The topological polar surface area (TPSA) is 96.0 Å². The van der Waals surface area contributed by atoms with Gasteiger partial charge in [0.2, 0.25) is 11.8 Å². The van der Waals surface area contributed by atoms with Crippen molar-refractivity contribution in [1.29, 1.82) is 0 Å². The molecule has 4 aromatic rings. The second-order valence-electron chi connectivity index (χ2n) is 10.9. The number of sulfonamides is 1. The maximum Gasteiger partial charge on any atom is 0.264 e. The highest BCUT2D eigenvalue weighted by molar-refractivity contribution is 7.92. The number of amides is 2. The van der Waals surface area contributed by atoms with Crippen molar-refractivity contribution in [3.05, 3.63) is 126 Å².